The number of nitrogens with zero attached hydrogens (tertiary/aromatic N) is 2. The molecule has 2 fully saturated rings. The van der Waals surface area contributed by atoms with Gasteiger partial charge >= 0.3 is 0 Å². The van der Waals surface area contributed by atoms with Gasteiger partial charge in [0.1, 0.15) is 0 Å². The third-order valence-electron chi connectivity index (χ3n) is 6.39. The summed E-state index contributed by atoms with van der Waals surface area (Å²) in [6.45, 7) is 8.04. The molecule has 2 atom stereocenters. The van der Waals surface area contributed by atoms with Crippen LogP contribution < -0.4 is 0 Å². The van der Waals surface area contributed by atoms with E-state index in [0.29, 0.717) is 36.6 Å². The number of hydrogen-bond acceptors (Lipinski definition) is 3. The van der Waals surface area contributed by atoms with Gasteiger partial charge in [0, 0.05) is 25.6 Å². The van der Waals surface area contributed by atoms with Crippen LogP contribution in [0.4, 0.5) is 0 Å². The number of carbonyl (C=O) groups is 3. The number of benzene rings is 1. The average Bonchev–Trinajstić information content (AvgIpc) is 2.99. The van der Waals surface area contributed by atoms with E-state index in [-0.39, 0.29) is 28.6 Å². The van der Waals surface area contributed by atoms with Crippen LogP contribution in [-0.2, 0) is 4.79 Å². The number of carbonyl (C=O) groups excluding carboxylic acids is 3. The first-order chi connectivity index (χ1) is 12.7. The van der Waals surface area contributed by atoms with Crippen molar-refractivity contribution >= 4 is 17.7 Å². The summed E-state index contributed by atoms with van der Waals surface area (Å²) in [6.07, 6.45) is 4.23. The van der Waals surface area contributed by atoms with Gasteiger partial charge in [-0.15, -0.1) is 0 Å². The Kier molecular flexibility index (Phi) is 4.17. The first-order valence-electron chi connectivity index (χ1n) is 9.94. The summed E-state index contributed by atoms with van der Waals surface area (Å²) in [5.41, 5.74) is 1.45. The van der Waals surface area contributed by atoms with Gasteiger partial charge in [0.2, 0.25) is 5.91 Å². The van der Waals surface area contributed by atoms with Gasteiger partial charge in [0.25, 0.3) is 11.8 Å². The van der Waals surface area contributed by atoms with Gasteiger partial charge < -0.3 is 4.90 Å². The van der Waals surface area contributed by atoms with Crippen molar-refractivity contribution in [3.63, 3.8) is 0 Å². The van der Waals surface area contributed by atoms with Crippen LogP contribution in [0.5, 0.6) is 0 Å². The maximum absolute atomic E-state index is 12.8. The second-order valence-electron chi connectivity index (χ2n) is 9.65. The van der Waals surface area contributed by atoms with Crippen molar-refractivity contribution < 1.29 is 14.4 Å². The molecule has 0 aromatic heterocycles. The van der Waals surface area contributed by atoms with Crippen molar-refractivity contribution in [2.75, 3.05) is 13.1 Å². The Balaban J connectivity index is 1.35. The zero-order valence-corrected chi connectivity index (χ0v) is 16.5. The first kappa shape index (κ1) is 18.2. The fraction of sp³-hybridized carbons (Fsp3) is 0.591. The molecule has 4 rings (SSSR count). The maximum atomic E-state index is 12.8. The molecule has 2 bridgehead atoms. The fourth-order valence-corrected chi connectivity index (χ4v) is 5.73. The standard InChI is InChI=1S/C22H28N2O3/c1-21(2)11-15-12-22(3,13-21)14-24(15)18(25)9-6-10-23-19(26)16-7-4-5-8-17(16)20(23)27/h4-5,7-8,15H,6,9-14H2,1-3H3/t15-,22-/m1/s1. The zero-order valence-electron chi connectivity index (χ0n) is 16.5. The monoisotopic (exact) mass is 368 g/mol. The molecule has 5 heteroatoms. The molecule has 3 amide bonds. The van der Waals surface area contributed by atoms with Gasteiger partial charge in [-0.2, -0.15) is 0 Å². The number of amides is 3. The minimum atomic E-state index is -0.241. The Hall–Kier alpha value is -2.17. The molecule has 144 valence electrons. The van der Waals surface area contributed by atoms with E-state index in [0.717, 1.165) is 25.8 Å². The molecule has 2 aliphatic heterocycles. The molecular weight excluding hydrogens is 340 g/mol. The van der Waals surface area contributed by atoms with Gasteiger partial charge in [-0.1, -0.05) is 32.9 Å². The molecule has 1 aromatic carbocycles. The summed E-state index contributed by atoms with van der Waals surface area (Å²) < 4.78 is 0. The molecule has 5 nitrogen and oxygen atoms in total. The normalized spacial score (nSPS) is 28.6. The predicted octanol–water partition coefficient (Wildman–Crippen LogP) is 3.49. The highest BCUT2D eigenvalue weighted by molar-refractivity contribution is 6.21. The van der Waals surface area contributed by atoms with E-state index in [4.69, 9.17) is 0 Å². The molecule has 0 radical (unpaired) electrons. The second kappa shape index (κ2) is 6.18. The van der Waals surface area contributed by atoms with E-state index >= 15 is 0 Å². The van der Waals surface area contributed by atoms with E-state index in [1.165, 1.54) is 4.90 Å². The highest BCUT2D eigenvalue weighted by atomic mass is 16.2. The summed E-state index contributed by atoms with van der Waals surface area (Å²) in [7, 11) is 0. The molecule has 1 aromatic rings. The molecule has 0 N–H and O–H groups in total. The molecule has 0 spiro atoms. The topological polar surface area (TPSA) is 57.7 Å². The van der Waals surface area contributed by atoms with Crippen LogP contribution in [-0.4, -0.2) is 46.7 Å². The summed E-state index contributed by atoms with van der Waals surface area (Å²) >= 11 is 0. The largest absolute Gasteiger partial charge is 0.339 e. The van der Waals surface area contributed by atoms with E-state index < -0.39 is 0 Å². The Bertz CT molecular complexity index is 781. The van der Waals surface area contributed by atoms with E-state index in [1.807, 2.05) is 0 Å². The summed E-state index contributed by atoms with van der Waals surface area (Å²) in [4.78, 5) is 41.0. The lowest BCUT2D eigenvalue weighted by molar-refractivity contribution is -0.132. The van der Waals surface area contributed by atoms with E-state index in [9.17, 15) is 14.4 Å². The van der Waals surface area contributed by atoms with Crippen LogP contribution in [0.2, 0.25) is 0 Å². The molecule has 2 heterocycles. The fourth-order valence-electron chi connectivity index (χ4n) is 5.73. The lowest BCUT2D eigenvalue weighted by Crippen LogP contribution is -2.38. The molecule has 27 heavy (non-hydrogen) atoms. The Morgan fingerprint density at radius 3 is 2.33 bits per heavy atom. The van der Waals surface area contributed by atoms with Crippen LogP contribution >= 0.6 is 0 Å². The Morgan fingerprint density at radius 2 is 1.70 bits per heavy atom. The quantitative estimate of drug-likeness (QED) is 0.765. The number of rotatable bonds is 4. The zero-order chi connectivity index (χ0) is 19.4. The van der Waals surface area contributed by atoms with Crippen LogP contribution in [0.25, 0.3) is 0 Å². The van der Waals surface area contributed by atoms with Crippen molar-refractivity contribution in [2.45, 2.75) is 58.9 Å². The van der Waals surface area contributed by atoms with Gasteiger partial charge in [-0.25, -0.2) is 0 Å². The highest BCUT2D eigenvalue weighted by Gasteiger charge is 2.50. The molecule has 1 saturated carbocycles. The minimum Gasteiger partial charge on any atom is -0.339 e. The van der Waals surface area contributed by atoms with Crippen molar-refractivity contribution in [3.8, 4) is 0 Å². The Morgan fingerprint density at radius 1 is 1.07 bits per heavy atom. The smallest absolute Gasteiger partial charge is 0.261 e. The lowest BCUT2D eigenvalue weighted by Gasteiger charge is -2.39. The van der Waals surface area contributed by atoms with E-state index in [1.54, 1.807) is 24.3 Å². The van der Waals surface area contributed by atoms with Crippen molar-refractivity contribution in [3.05, 3.63) is 35.4 Å². The highest BCUT2D eigenvalue weighted by Crippen LogP contribution is 2.52. The number of imide groups is 1. The van der Waals surface area contributed by atoms with Gasteiger partial charge in [-0.3, -0.25) is 19.3 Å². The second-order valence-corrected chi connectivity index (χ2v) is 9.65. The van der Waals surface area contributed by atoms with Crippen molar-refractivity contribution in [1.29, 1.82) is 0 Å². The third kappa shape index (κ3) is 3.17. The summed E-state index contributed by atoms with van der Waals surface area (Å²) in [6, 6.07) is 7.25. The summed E-state index contributed by atoms with van der Waals surface area (Å²) in [5.74, 6) is -0.318. The van der Waals surface area contributed by atoms with Gasteiger partial charge in [0.15, 0.2) is 0 Å². The van der Waals surface area contributed by atoms with Crippen molar-refractivity contribution in [2.24, 2.45) is 10.8 Å². The van der Waals surface area contributed by atoms with Crippen molar-refractivity contribution in [1.82, 2.24) is 9.80 Å². The molecule has 1 saturated heterocycles. The Labute approximate surface area is 160 Å². The van der Waals surface area contributed by atoms with Gasteiger partial charge in [-0.05, 0) is 48.6 Å². The maximum Gasteiger partial charge on any atom is 0.261 e. The molecular formula is C22H28N2O3. The predicted molar refractivity (Wildman–Crippen MR) is 102 cm³/mol. The molecule has 0 unspecified atom stereocenters. The number of fused-ring (bicyclic) bond motifs is 3. The van der Waals surface area contributed by atoms with E-state index in [2.05, 4.69) is 25.7 Å². The SMILES string of the molecule is CC1(C)C[C@@H]2C[C@@](C)(CN2C(=O)CCCN2C(=O)c3ccccc3C2=O)C1. The lowest BCUT2D eigenvalue weighted by atomic mass is 9.65. The average molecular weight is 368 g/mol. The number of hydrogen-bond donors (Lipinski definition) is 0. The van der Waals surface area contributed by atoms with Gasteiger partial charge in [0.05, 0.1) is 11.1 Å². The van der Waals surface area contributed by atoms with Crippen LogP contribution in [0.3, 0.4) is 0 Å². The van der Waals surface area contributed by atoms with Crippen LogP contribution in [0, 0.1) is 10.8 Å². The first-order valence-corrected chi connectivity index (χ1v) is 9.94. The van der Waals surface area contributed by atoms with Crippen LogP contribution in [0.15, 0.2) is 24.3 Å². The number of likely N-dealkylation sites (tertiary alicyclic amines) is 1. The molecule has 1 aliphatic carbocycles. The van der Waals surface area contributed by atoms with Crippen LogP contribution in [0.1, 0.15) is 73.6 Å². The minimum absolute atomic E-state index is 0.165. The summed E-state index contributed by atoms with van der Waals surface area (Å²) in [5, 5.41) is 0. The third-order valence-corrected chi connectivity index (χ3v) is 6.39. The molecule has 3 aliphatic rings.